The van der Waals surface area contributed by atoms with Crippen LogP contribution < -0.4 is 5.56 Å². The number of halogens is 2. The van der Waals surface area contributed by atoms with Crippen LogP contribution in [0.3, 0.4) is 0 Å². The molecule has 0 spiro atoms. The number of nitrogens with one attached hydrogen (secondary N) is 1. The number of ether oxygens (including phenoxy) is 1. The lowest BCUT2D eigenvalue weighted by atomic mass is 10.3. The molecule has 0 bridgehead atoms. The van der Waals surface area contributed by atoms with Crippen LogP contribution in [0.5, 0.6) is 0 Å². The average Bonchev–Trinajstić information content (AvgIpc) is 2.71. The van der Waals surface area contributed by atoms with Gasteiger partial charge >= 0.3 is 5.97 Å². The molecule has 18 heavy (non-hydrogen) atoms. The number of carbonyl (C=O) groups is 1. The number of carbonyl (C=O) groups excluding carboxylic acids is 1. The molecular weight excluding hydrogens is 248 g/mol. The third-order valence-corrected chi connectivity index (χ3v) is 2.25. The van der Waals surface area contributed by atoms with Gasteiger partial charge in [0.25, 0.3) is 12.0 Å². The molecule has 8 heteroatoms. The van der Waals surface area contributed by atoms with Crippen molar-refractivity contribution >= 4 is 11.6 Å². The molecule has 6 nitrogen and oxygen atoms in total. The minimum absolute atomic E-state index is 0.0588. The van der Waals surface area contributed by atoms with Crippen LogP contribution in [0.2, 0.25) is 0 Å². The van der Waals surface area contributed by atoms with Crippen molar-refractivity contribution in [1.29, 1.82) is 0 Å². The zero-order valence-corrected chi connectivity index (χ0v) is 9.31. The molecular formula is C10H9F2N3O3. The smallest absolute Gasteiger partial charge is 0.343 e. The second-order valence-electron chi connectivity index (χ2n) is 3.40. The number of alkyl halides is 2. The van der Waals surface area contributed by atoms with E-state index in [4.69, 9.17) is 4.74 Å². The second kappa shape index (κ2) is 4.55. The highest BCUT2D eigenvalue weighted by molar-refractivity contribution is 5.95. The van der Waals surface area contributed by atoms with E-state index in [0.717, 1.165) is 16.8 Å². The van der Waals surface area contributed by atoms with Crippen LogP contribution in [0.4, 0.5) is 8.78 Å². The molecule has 2 rings (SSSR count). The summed E-state index contributed by atoms with van der Waals surface area (Å²) >= 11 is 0. The minimum Gasteiger partial charge on any atom is -0.462 e. The van der Waals surface area contributed by atoms with Gasteiger partial charge in [-0.1, -0.05) is 0 Å². The maximum Gasteiger partial charge on any atom is 0.343 e. The Labute approximate surface area is 99.2 Å². The van der Waals surface area contributed by atoms with Gasteiger partial charge in [-0.3, -0.25) is 4.79 Å². The van der Waals surface area contributed by atoms with Gasteiger partial charge in [-0.25, -0.2) is 18.1 Å². The van der Waals surface area contributed by atoms with E-state index in [1.165, 1.54) is 0 Å². The number of H-pyrrole nitrogens is 1. The molecule has 1 N–H and O–H groups in total. The first kappa shape index (κ1) is 12.2. The van der Waals surface area contributed by atoms with Gasteiger partial charge in [0.05, 0.1) is 12.8 Å². The highest BCUT2D eigenvalue weighted by Gasteiger charge is 2.20. The molecule has 2 heterocycles. The van der Waals surface area contributed by atoms with Crippen molar-refractivity contribution in [3.8, 4) is 0 Å². The molecule has 2 aromatic heterocycles. The molecule has 0 saturated heterocycles. The van der Waals surface area contributed by atoms with Crippen LogP contribution in [-0.4, -0.2) is 27.2 Å². The predicted molar refractivity (Wildman–Crippen MR) is 56.7 cm³/mol. The quantitative estimate of drug-likeness (QED) is 0.836. The first-order valence-corrected chi connectivity index (χ1v) is 5.10. The number of rotatable bonds is 3. The van der Waals surface area contributed by atoms with E-state index in [1.807, 2.05) is 0 Å². The van der Waals surface area contributed by atoms with E-state index >= 15 is 0 Å². The Morgan fingerprint density at radius 2 is 2.33 bits per heavy atom. The van der Waals surface area contributed by atoms with Crippen LogP contribution in [0, 0.1) is 0 Å². The molecule has 0 aliphatic heterocycles. The lowest BCUT2D eigenvalue weighted by Gasteiger charge is -2.03. The standard InChI is InChI=1S/C10H9F2N3O3/c1-2-18-10(17)5-4-13-15-6(8(11)12)3-7(16)14-9(5)15/h3-4,8H,2H2,1H3,(H,14,16). The van der Waals surface area contributed by atoms with Crippen molar-refractivity contribution in [3.63, 3.8) is 0 Å². The predicted octanol–water partition coefficient (Wildman–Crippen LogP) is 1.14. The highest BCUT2D eigenvalue weighted by atomic mass is 19.3. The number of hydrogen-bond donors (Lipinski definition) is 1. The summed E-state index contributed by atoms with van der Waals surface area (Å²) in [6.45, 7) is 1.74. The Bertz CT molecular complexity index is 647. The summed E-state index contributed by atoms with van der Waals surface area (Å²) in [5.41, 5.74) is -1.47. The van der Waals surface area contributed by atoms with Gasteiger partial charge < -0.3 is 9.72 Å². The van der Waals surface area contributed by atoms with E-state index in [2.05, 4.69) is 10.1 Å². The van der Waals surface area contributed by atoms with Gasteiger partial charge in [-0.05, 0) is 6.92 Å². The van der Waals surface area contributed by atoms with Gasteiger partial charge in [0.15, 0.2) is 5.65 Å². The van der Waals surface area contributed by atoms with Crippen molar-refractivity contribution < 1.29 is 18.3 Å². The summed E-state index contributed by atoms with van der Waals surface area (Å²) in [5.74, 6) is -0.727. The van der Waals surface area contributed by atoms with E-state index in [-0.39, 0.29) is 17.8 Å². The lowest BCUT2D eigenvalue weighted by Crippen LogP contribution is -2.14. The fourth-order valence-corrected chi connectivity index (χ4v) is 1.53. The van der Waals surface area contributed by atoms with E-state index in [1.54, 1.807) is 6.92 Å². The fourth-order valence-electron chi connectivity index (χ4n) is 1.53. The minimum atomic E-state index is -2.87. The first-order valence-electron chi connectivity index (χ1n) is 5.10. The van der Waals surface area contributed by atoms with Crippen molar-refractivity contribution in [3.05, 3.63) is 33.9 Å². The number of aromatic amines is 1. The van der Waals surface area contributed by atoms with Crippen LogP contribution in [-0.2, 0) is 4.74 Å². The fraction of sp³-hybridized carbons (Fsp3) is 0.300. The van der Waals surface area contributed by atoms with Crippen LogP contribution in [0.1, 0.15) is 29.4 Å². The summed E-state index contributed by atoms with van der Waals surface area (Å²) in [6, 6.07) is 0.736. The molecule has 0 atom stereocenters. The van der Waals surface area contributed by atoms with Gasteiger partial charge in [0.2, 0.25) is 0 Å². The molecule has 0 radical (unpaired) electrons. The van der Waals surface area contributed by atoms with Crippen molar-refractivity contribution in [2.24, 2.45) is 0 Å². The van der Waals surface area contributed by atoms with Crippen LogP contribution in [0.25, 0.3) is 5.65 Å². The second-order valence-corrected chi connectivity index (χ2v) is 3.40. The lowest BCUT2D eigenvalue weighted by molar-refractivity contribution is 0.0528. The molecule has 0 aliphatic carbocycles. The molecule has 0 aromatic carbocycles. The SMILES string of the molecule is CCOC(=O)c1cnn2c(C(F)F)cc(=O)[nH]c12. The van der Waals surface area contributed by atoms with Crippen LogP contribution in [0.15, 0.2) is 17.1 Å². The summed E-state index contributed by atoms with van der Waals surface area (Å²) in [4.78, 5) is 25.1. The number of esters is 1. The topological polar surface area (TPSA) is 76.5 Å². The monoisotopic (exact) mass is 257 g/mol. The zero-order chi connectivity index (χ0) is 13.3. The molecule has 0 aliphatic rings. The maximum absolute atomic E-state index is 12.7. The van der Waals surface area contributed by atoms with Gasteiger partial charge in [-0.2, -0.15) is 5.10 Å². The molecule has 0 fully saturated rings. The molecule has 0 unspecified atom stereocenters. The number of nitrogens with zero attached hydrogens (tertiary/aromatic N) is 2. The number of aromatic nitrogens is 3. The molecule has 2 aromatic rings. The van der Waals surface area contributed by atoms with Crippen molar-refractivity contribution in [2.45, 2.75) is 13.3 Å². The summed E-state index contributed by atoms with van der Waals surface area (Å²) in [6.07, 6.45) is -1.79. The molecule has 96 valence electrons. The van der Waals surface area contributed by atoms with Crippen LogP contribution >= 0.6 is 0 Å². The maximum atomic E-state index is 12.7. The Morgan fingerprint density at radius 3 is 2.94 bits per heavy atom. The third-order valence-electron chi connectivity index (χ3n) is 2.25. The normalized spacial score (nSPS) is 11.1. The molecule has 0 saturated carbocycles. The number of hydrogen-bond acceptors (Lipinski definition) is 4. The number of fused-ring (bicyclic) bond motifs is 1. The van der Waals surface area contributed by atoms with Crippen molar-refractivity contribution in [2.75, 3.05) is 6.61 Å². The summed E-state index contributed by atoms with van der Waals surface area (Å²) < 4.78 is 31.0. The Kier molecular flexibility index (Phi) is 3.09. The Morgan fingerprint density at radius 1 is 1.61 bits per heavy atom. The van der Waals surface area contributed by atoms with E-state index < -0.39 is 23.6 Å². The first-order chi connectivity index (χ1) is 8.54. The van der Waals surface area contributed by atoms with Gasteiger partial charge in [-0.15, -0.1) is 0 Å². The third kappa shape index (κ3) is 1.96. The van der Waals surface area contributed by atoms with Gasteiger partial charge in [0.1, 0.15) is 11.3 Å². The van der Waals surface area contributed by atoms with Gasteiger partial charge in [0, 0.05) is 6.07 Å². The molecule has 0 amide bonds. The summed E-state index contributed by atoms with van der Waals surface area (Å²) in [5, 5.41) is 3.65. The van der Waals surface area contributed by atoms with Crippen molar-refractivity contribution in [1.82, 2.24) is 14.6 Å². The van der Waals surface area contributed by atoms with E-state index in [0.29, 0.717) is 0 Å². The summed E-state index contributed by atoms with van der Waals surface area (Å²) in [7, 11) is 0. The Balaban J connectivity index is 2.66. The Hall–Kier alpha value is -2.25. The average molecular weight is 257 g/mol. The zero-order valence-electron chi connectivity index (χ0n) is 9.31. The largest absolute Gasteiger partial charge is 0.462 e. The highest BCUT2D eigenvalue weighted by Crippen LogP contribution is 2.19. The van der Waals surface area contributed by atoms with E-state index in [9.17, 15) is 18.4 Å².